The van der Waals surface area contributed by atoms with E-state index >= 15 is 0 Å². The molecular weight excluding hydrogens is 186 g/mol. The van der Waals surface area contributed by atoms with Crippen LogP contribution in [-0.2, 0) is 0 Å². The molecule has 1 saturated carbocycles. The van der Waals surface area contributed by atoms with Crippen LogP contribution in [0.15, 0.2) is 24.5 Å². The monoisotopic (exact) mass is 203 g/mol. The van der Waals surface area contributed by atoms with Crippen LogP contribution in [0.1, 0.15) is 30.7 Å². The van der Waals surface area contributed by atoms with Crippen LogP contribution in [0, 0.1) is 5.92 Å². The third-order valence-electron chi connectivity index (χ3n) is 3.81. The second kappa shape index (κ2) is 3.91. The molecule has 0 spiro atoms. The zero-order valence-electron chi connectivity index (χ0n) is 8.82. The van der Waals surface area contributed by atoms with Gasteiger partial charge in [0.25, 0.3) is 0 Å². The maximum Gasteiger partial charge on any atom is 0.0270 e. The fourth-order valence-electron chi connectivity index (χ4n) is 2.94. The van der Waals surface area contributed by atoms with Gasteiger partial charge in [-0.1, -0.05) is 0 Å². The number of hydrogen-bond donors (Lipinski definition) is 2. The van der Waals surface area contributed by atoms with Gasteiger partial charge in [0, 0.05) is 25.0 Å². The maximum atomic E-state index is 4.08. The average Bonchev–Trinajstić information content (AvgIpc) is 2.77. The van der Waals surface area contributed by atoms with E-state index in [1.165, 1.54) is 24.8 Å². The van der Waals surface area contributed by atoms with E-state index in [9.17, 15) is 0 Å². The highest BCUT2D eigenvalue weighted by molar-refractivity contribution is 5.17. The zero-order chi connectivity index (χ0) is 10.1. The number of fused-ring (bicyclic) bond motifs is 1. The molecule has 1 aromatic heterocycles. The molecule has 2 aliphatic rings. The van der Waals surface area contributed by atoms with Crippen molar-refractivity contribution in [2.75, 3.05) is 6.54 Å². The molecule has 1 aliphatic heterocycles. The zero-order valence-corrected chi connectivity index (χ0v) is 8.82. The van der Waals surface area contributed by atoms with Gasteiger partial charge in [-0.05, 0) is 48.8 Å². The van der Waals surface area contributed by atoms with Crippen molar-refractivity contribution < 1.29 is 0 Å². The molecule has 80 valence electrons. The highest BCUT2D eigenvalue weighted by Gasteiger charge is 2.33. The Morgan fingerprint density at radius 1 is 1.20 bits per heavy atom. The molecule has 1 aromatic rings. The minimum Gasteiger partial charge on any atom is -0.265 e. The molecule has 2 heterocycles. The van der Waals surface area contributed by atoms with Crippen LogP contribution in [0.5, 0.6) is 0 Å². The number of nitrogens with one attached hydrogen (secondary N) is 2. The lowest BCUT2D eigenvalue weighted by Gasteiger charge is -2.30. The van der Waals surface area contributed by atoms with Crippen LogP contribution >= 0.6 is 0 Å². The number of hydrazine groups is 1. The molecule has 1 saturated heterocycles. The quantitative estimate of drug-likeness (QED) is 0.725. The maximum absolute atomic E-state index is 4.08. The standard InChI is InChI=1S/C12H17N3/c1-2-12-11(8-14-15-12)7-10(1)9-3-5-13-6-4-9/h3-6,10-12,14-15H,1-2,7-8H2. The lowest BCUT2D eigenvalue weighted by Crippen LogP contribution is -2.34. The van der Waals surface area contributed by atoms with Crippen molar-refractivity contribution in [2.45, 2.75) is 31.2 Å². The third kappa shape index (κ3) is 1.77. The average molecular weight is 203 g/mol. The molecule has 3 rings (SSSR count). The summed E-state index contributed by atoms with van der Waals surface area (Å²) in [4.78, 5) is 4.08. The van der Waals surface area contributed by atoms with Gasteiger partial charge in [-0.25, -0.2) is 0 Å². The van der Waals surface area contributed by atoms with E-state index in [1.807, 2.05) is 12.4 Å². The number of aromatic nitrogens is 1. The molecule has 3 unspecified atom stereocenters. The van der Waals surface area contributed by atoms with E-state index < -0.39 is 0 Å². The molecule has 2 fully saturated rings. The lowest BCUT2D eigenvalue weighted by molar-refractivity contribution is 0.302. The Labute approximate surface area is 90.3 Å². The summed E-state index contributed by atoms with van der Waals surface area (Å²) in [5, 5.41) is 0. The van der Waals surface area contributed by atoms with Crippen molar-refractivity contribution in [1.82, 2.24) is 15.8 Å². The van der Waals surface area contributed by atoms with Crippen molar-refractivity contribution in [3.63, 3.8) is 0 Å². The van der Waals surface area contributed by atoms with Gasteiger partial charge < -0.3 is 0 Å². The smallest absolute Gasteiger partial charge is 0.0270 e. The first-order valence-corrected chi connectivity index (χ1v) is 5.82. The molecule has 0 radical (unpaired) electrons. The van der Waals surface area contributed by atoms with Crippen LogP contribution < -0.4 is 10.9 Å². The molecule has 3 nitrogen and oxygen atoms in total. The Kier molecular flexibility index (Phi) is 2.43. The molecule has 1 aliphatic carbocycles. The van der Waals surface area contributed by atoms with Gasteiger partial charge >= 0.3 is 0 Å². The Hall–Kier alpha value is -0.930. The van der Waals surface area contributed by atoms with Crippen molar-refractivity contribution in [2.24, 2.45) is 5.92 Å². The van der Waals surface area contributed by atoms with E-state index in [4.69, 9.17) is 0 Å². The summed E-state index contributed by atoms with van der Waals surface area (Å²) in [5.41, 5.74) is 8.11. The predicted octanol–water partition coefficient (Wildman–Crippen LogP) is 1.44. The minimum absolute atomic E-state index is 0.711. The van der Waals surface area contributed by atoms with Gasteiger partial charge in [0.1, 0.15) is 0 Å². The van der Waals surface area contributed by atoms with Crippen LogP contribution in [0.2, 0.25) is 0 Å². The first-order chi connectivity index (χ1) is 7.43. The molecular formula is C12H17N3. The summed E-state index contributed by atoms with van der Waals surface area (Å²) < 4.78 is 0. The largest absolute Gasteiger partial charge is 0.265 e. The molecule has 0 amide bonds. The van der Waals surface area contributed by atoms with Crippen LogP contribution in [-0.4, -0.2) is 17.6 Å². The topological polar surface area (TPSA) is 37.0 Å². The summed E-state index contributed by atoms with van der Waals surface area (Å²) >= 11 is 0. The summed E-state index contributed by atoms with van der Waals surface area (Å²) in [6.07, 6.45) is 7.73. The van der Waals surface area contributed by atoms with E-state index in [2.05, 4.69) is 28.0 Å². The Bertz CT molecular complexity index is 325. The minimum atomic E-state index is 0.711. The van der Waals surface area contributed by atoms with Crippen molar-refractivity contribution in [3.8, 4) is 0 Å². The van der Waals surface area contributed by atoms with Crippen LogP contribution in [0.4, 0.5) is 0 Å². The molecule has 2 N–H and O–H groups in total. The summed E-state index contributed by atoms with van der Waals surface area (Å²) in [6.45, 7) is 1.13. The summed E-state index contributed by atoms with van der Waals surface area (Å²) in [6, 6.07) is 5.05. The number of hydrogen-bond acceptors (Lipinski definition) is 3. The van der Waals surface area contributed by atoms with E-state index in [1.54, 1.807) is 0 Å². The molecule has 0 aromatic carbocycles. The van der Waals surface area contributed by atoms with E-state index in [0.717, 1.165) is 18.4 Å². The Morgan fingerprint density at radius 3 is 2.93 bits per heavy atom. The van der Waals surface area contributed by atoms with Crippen molar-refractivity contribution in [3.05, 3.63) is 30.1 Å². The van der Waals surface area contributed by atoms with Gasteiger partial charge in [0.2, 0.25) is 0 Å². The predicted molar refractivity (Wildman–Crippen MR) is 59.2 cm³/mol. The molecule has 0 bridgehead atoms. The van der Waals surface area contributed by atoms with Gasteiger partial charge in [-0.3, -0.25) is 15.8 Å². The molecule has 3 atom stereocenters. The van der Waals surface area contributed by atoms with Crippen molar-refractivity contribution in [1.29, 1.82) is 0 Å². The number of rotatable bonds is 1. The third-order valence-corrected chi connectivity index (χ3v) is 3.81. The van der Waals surface area contributed by atoms with Gasteiger partial charge in [-0.2, -0.15) is 0 Å². The summed E-state index contributed by atoms with van der Waals surface area (Å²) in [7, 11) is 0. The van der Waals surface area contributed by atoms with Gasteiger partial charge in [0.05, 0.1) is 0 Å². The van der Waals surface area contributed by atoms with E-state index in [-0.39, 0.29) is 0 Å². The SMILES string of the molecule is c1cc(C2CCC3NNCC3C2)ccn1. The normalized spacial score (nSPS) is 35.1. The number of nitrogens with zero attached hydrogens (tertiary/aromatic N) is 1. The fourth-order valence-corrected chi connectivity index (χ4v) is 2.94. The Balaban J connectivity index is 1.74. The van der Waals surface area contributed by atoms with Gasteiger partial charge in [0.15, 0.2) is 0 Å². The van der Waals surface area contributed by atoms with Crippen LogP contribution in [0.25, 0.3) is 0 Å². The first kappa shape index (κ1) is 9.31. The fraction of sp³-hybridized carbons (Fsp3) is 0.583. The second-order valence-corrected chi connectivity index (χ2v) is 4.68. The molecule has 15 heavy (non-hydrogen) atoms. The molecule has 3 heteroatoms. The van der Waals surface area contributed by atoms with Crippen molar-refractivity contribution >= 4 is 0 Å². The van der Waals surface area contributed by atoms with E-state index in [0.29, 0.717) is 6.04 Å². The first-order valence-electron chi connectivity index (χ1n) is 5.82. The highest BCUT2D eigenvalue weighted by Crippen LogP contribution is 2.36. The highest BCUT2D eigenvalue weighted by atomic mass is 15.4. The van der Waals surface area contributed by atoms with Crippen LogP contribution in [0.3, 0.4) is 0 Å². The number of pyridine rings is 1. The second-order valence-electron chi connectivity index (χ2n) is 4.68. The Morgan fingerprint density at radius 2 is 2.07 bits per heavy atom. The summed E-state index contributed by atoms with van der Waals surface area (Å²) in [5.74, 6) is 1.56. The lowest BCUT2D eigenvalue weighted by atomic mass is 9.76. The van der Waals surface area contributed by atoms with Gasteiger partial charge in [-0.15, -0.1) is 0 Å².